The van der Waals surface area contributed by atoms with E-state index < -0.39 is 29.3 Å². The van der Waals surface area contributed by atoms with Crippen molar-refractivity contribution in [1.29, 1.82) is 0 Å². The molecular weight excluding hydrogens is 692 g/mol. The SMILES string of the molecule is CCOc1nc(NC(c2ccccc2)(c2ccccc2)c2ccc(OC)cc2)nc2c1ncn2[C@@H]1O[C@](F)(CI)[C@@H](O)[C@@]1(C)O. The molecule has 1 aliphatic rings. The van der Waals surface area contributed by atoms with Crippen LogP contribution >= 0.6 is 22.6 Å². The maximum atomic E-state index is 15.5. The molecule has 0 saturated carbocycles. The van der Waals surface area contributed by atoms with E-state index in [1.54, 1.807) is 29.7 Å². The number of hydrogen-bond acceptors (Lipinski definition) is 9. The first-order valence-corrected chi connectivity index (χ1v) is 15.9. The molecule has 0 aliphatic carbocycles. The molecule has 0 amide bonds. The zero-order valence-electron chi connectivity index (χ0n) is 24.9. The van der Waals surface area contributed by atoms with Gasteiger partial charge in [0.25, 0.3) is 0 Å². The molecule has 3 N–H and O–H groups in total. The van der Waals surface area contributed by atoms with Crippen LogP contribution in [0.25, 0.3) is 11.2 Å². The van der Waals surface area contributed by atoms with Crippen LogP contribution in [0.4, 0.5) is 10.3 Å². The summed E-state index contributed by atoms with van der Waals surface area (Å²) in [5.41, 5.74) is 0.200. The van der Waals surface area contributed by atoms with E-state index in [1.165, 1.54) is 17.8 Å². The van der Waals surface area contributed by atoms with Gasteiger partial charge in [0.15, 0.2) is 17.4 Å². The quantitative estimate of drug-likeness (QED) is 0.0990. The van der Waals surface area contributed by atoms with Crippen molar-refractivity contribution in [2.45, 2.75) is 43.2 Å². The first-order chi connectivity index (χ1) is 21.7. The van der Waals surface area contributed by atoms with Crippen molar-refractivity contribution in [1.82, 2.24) is 19.5 Å². The number of anilines is 1. The van der Waals surface area contributed by atoms with Crippen molar-refractivity contribution in [2.75, 3.05) is 23.5 Å². The number of nitrogens with zero attached hydrogens (tertiary/aromatic N) is 4. The predicted octanol–water partition coefficient (Wildman–Crippen LogP) is 5.38. The Morgan fingerprint density at radius 3 is 2.13 bits per heavy atom. The number of benzene rings is 3. The molecule has 5 aromatic rings. The van der Waals surface area contributed by atoms with Crippen molar-refractivity contribution in [3.05, 3.63) is 108 Å². The van der Waals surface area contributed by atoms with E-state index in [2.05, 4.69) is 10.3 Å². The number of nitrogens with one attached hydrogen (secondary N) is 1. The van der Waals surface area contributed by atoms with Crippen LogP contribution in [-0.4, -0.2) is 65.4 Å². The maximum Gasteiger partial charge on any atom is 0.249 e. The van der Waals surface area contributed by atoms with Gasteiger partial charge >= 0.3 is 0 Å². The summed E-state index contributed by atoms with van der Waals surface area (Å²) in [7, 11) is 1.62. The Morgan fingerprint density at radius 2 is 1.60 bits per heavy atom. The van der Waals surface area contributed by atoms with Crippen LogP contribution in [0.1, 0.15) is 36.8 Å². The lowest BCUT2D eigenvalue weighted by molar-refractivity contribution is -0.167. The number of imidazole rings is 1. The summed E-state index contributed by atoms with van der Waals surface area (Å²) in [5, 5.41) is 25.6. The van der Waals surface area contributed by atoms with Crippen molar-refractivity contribution in [3.63, 3.8) is 0 Å². The molecular formula is C33H33FIN5O5. The number of aliphatic hydroxyl groups excluding tert-OH is 1. The van der Waals surface area contributed by atoms with Gasteiger partial charge in [0.05, 0.1) is 24.5 Å². The van der Waals surface area contributed by atoms with Gasteiger partial charge < -0.3 is 29.7 Å². The molecule has 0 unspecified atom stereocenters. The minimum atomic E-state index is -2.48. The van der Waals surface area contributed by atoms with Crippen LogP contribution in [0.3, 0.4) is 0 Å². The van der Waals surface area contributed by atoms with Gasteiger partial charge in [-0.1, -0.05) is 95.4 Å². The monoisotopic (exact) mass is 725 g/mol. The Labute approximate surface area is 273 Å². The molecule has 0 spiro atoms. The van der Waals surface area contributed by atoms with E-state index in [0.717, 1.165) is 16.7 Å². The highest BCUT2D eigenvalue weighted by Gasteiger charge is 2.62. The Morgan fingerprint density at radius 1 is 1.00 bits per heavy atom. The third-order valence-electron chi connectivity index (χ3n) is 8.11. The lowest BCUT2D eigenvalue weighted by atomic mass is 9.77. The average molecular weight is 726 g/mol. The van der Waals surface area contributed by atoms with E-state index in [4.69, 9.17) is 24.2 Å². The summed E-state index contributed by atoms with van der Waals surface area (Å²) >= 11 is 1.78. The van der Waals surface area contributed by atoms with Gasteiger partial charge in [0.1, 0.15) is 23.0 Å². The number of ether oxygens (including phenoxy) is 3. The topological polar surface area (TPSA) is 124 Å². The van der Waals surface area contributed by atoms with Gasteiger partial charge in [-0.3, -0.25) is 4.57 Å². The van der Waals surface area contributed by atoms with Crippen LogP contribution in [0.15, 0.2) is 91.3 Å². The van der Waals surface area contributed by atoms with Crippen molar-refractivity contribution in [2.24, 2.45) is 0 Å². The third kappa shape index (κ3) is 5.29. The number of rotatable bonds is 10. The maximum absolute atomic E-state index is 15.5. The standard InChI is InChI=1S/C33H33FIN5O5/c1-4-44-27-25-26(40(20-36-25)29-31(2,42)28(41)32(34,19-35)45-29)37-30(38-27)39-33(21-11-7-5-8-12-21,22-13-9-6-10-14-22)23-15-17-24(43-3)18-16-23/h5-18,20,28-29,41-42H,4,19H2,1-3H3,(H,37,38,39)/t28-,29+,31+,32+/m0/s1. The summed E-state index contributed by atoms with van der Waals surface area (Å²) in [4.78, 5) is 14.1. The zero-order chi connectivity index (χ0) is 31.8. The first-order valence-electron chi connectivity index (χ1n) is 14.4. The smallest absolute Gasteiger partial charge is 0.249 e. The number of alkyl halides is 2. The molecule has 10 nitrogen and oxygen atoms in total. The summed E-state index contributed by atoms with van der Waals surface area (Å²) in [6.07, 6.45) is -1.78. The summed E-state index contributed by atoms with van der Waals surface area (Å²) in [6, 6.07) is 27.6. The minimum Gasteiger partial charge on any atom is -0.497 e. The fourth-order valence-corrected chi connectivity index (χ4v) is 6.44. The summed E-state index contributed by atoms with van der Waals surface area (Å²) < 4.78 is 33.8. The molecule has 1 fully saturated rings. The highest BCUT2D eigenvalue weighted by atomic mass is 127. The molecule has 1 aliphatic heterocycles. The molecule has 0 bridgehead atoms. The molecule has 1 saturated heterocycles. The van der Waals surface area contributed by atoms with Crippen LogP contribution in [0, 0.1) is 0 Å². The molecule has 234 valence electrons. The Bertz CT molecular complexity index is 1730. The highest BCUT2D eigenvalue weighted by Crippen LogP contribution is 2.47. The van der Waals surface area contributed by atoms with Crippen molar-refractivity contribution >= 4 is 39.7 Å². The average Bonchev–Trinajstić information content (AvgIpc) is 3.57. The lowest BCUT2D eigenvalue weighted by Gasteiger charge is -2.37. The largest absolute Gasteiger partial charge is 0.497 e. The fraction of sp³-hybridized carbons (Fsp3) is 0.303. The van der Waals surface area contributed by atoms with E-state index in [0.29, 0.717) is 5.75 Å². The van der Waals surface area contributed by atoms with Crippen molar-refractivity contribution in [3.8, 4) is 11.6 Å². The Balaban J connectivity index is 1.58. The van der Waals surface area contributed by atoms with E-state index >= 15 is 4.39 Å². The number of halogens is 2. The Hall–Kier alpha value is -3.85. The minimum absolute atomic E-state index is 0.176. The van der Waals surface area contributed by atoms with Crippen LogP contribution in [0.5, 0.6) is 11.6 Å². The number of methoxy groups -OCH3 is 1. The first kappa shape index (κ1) is 31.1. The second kappa shape index (κ2) is 12.2. The second-order valence-corrected chi connectivity index (χ2v) is 11.7. The van der Waals surface area contributed by atoms with E-state index in [-0.39, 0.29) is 34.0 Å². The zero-order valence-corrected chi connectivity index (χ0v) is 27.1. The van der Waals surface area contributed by atoms with Crippen LogP contribution < -0.4 is 14.8 Å². The molecule has 45 heavy (non-hydrogen) atoms. The number of fused-ring (bicyclic) bond motifs is 1. The third-order valence-corrected chi connectivity index (χ3v) is 9.15. The molecule has 6 rings (SSSR count). The molecule has 2 aromatic heterocycles. The summed E-state index contributed by atoms with van der Waals surface area (Å²) in [5.74, 6) is -1.41. The van der Waals surface area contributed by atoms with Gasteiger partial charge in [0.2, 0.25) is 17.7 Å². The van der Waals surface area contributed by atoms with Gasteiger partial charge in [-0.25, -0.2) is 9.37 Å². The normalized spacial score (nSPS) is 23.3. The summed E-state index contributed by atoms with van der Waals surface area (Å²) in [6.45, 7) is 3.44. The molecule has 0 radical (unpaired) electrons. The number of aliphatic hydroxyl groups is 2. The van der Waals surface area contributed by atoms with Crippen LogP contribution in [0.2, 0.25) is 0 Å². The van der Waals surface area contributed by atoms with Gasteiger partial charge in [-0.2, -0.15) is 9.97 Å². The molecule has 12 heteroatoms. The van der Waals surface area contributed by atoms with Gasteiger partial charge in [-0.15, -0.1) is 0 Å². The second-order valence-electron chi connectivity index (χ2n) is 11.0. The van der Waals surface area contributed by atoms with Crippen LogP contribution in [-0.2, 0) is 10.3 Å². The van der Waals surface area contributed by atoms with Gasteiger partial charge in [-0.05, 0) is 42.7 Å². The molecule has 4 atom stereocenters. The Kier molecular flexibility index (Phi) is 8.41. The number of aromatic nitrogens is 4. The van der Waals surface area contributed by atoms with E-state index in [1.807, 2.05) is 91.9 Å². The lowest BCUT2D eigenvalue weighted by Crippen LogP contribution is -2.48. The fourth-order valence-electron chi connectivity index (χ4n) is 5.84. The van der Waals surface area contributed by atoms with Crippen molar-refractivity contribution < 1.29 is 28.8 Å². The van der Waals surface area contributed by atoms with E-state index in [9.17, 15) is 10.2 Å². The predicted molar refractivity (Wildman–Crippen MR) is 175 cm³/mol. The molecule has 3 heterocycles. The highest BCUT2D eigenvalue weighted by molar-refractivity contribution is 14.1. The number of hydrogen-bond donors (Lipinski definition) is 3. The van der Waals surface area contributed by atoms with Gasteiger partial charge in [0, 0.05) is 0 Å². The molecule has 3 aromatic carbocycles.